The number of aryl methyl sites for hydroxylation is 2. The summed E-state index contributed by atoms with van der Waals surface area (Å²) in [5.74, 6) is 0. The van der Waals surface area contributed by atoms with E-state index in [2.05, 4.69) is 393 Å². The van der Waals surface area contributed by atoms with Crippen molar-refractivity contribution in [1.29, 1.82) is 0 Å². The van der Waals surface area contributed by atoms with Crippen molar-refractivity contribution in [2.24, 2.45) is 0 Å². The van der Waals surface area contributed by atoms with E-state index in [1.165, 1.54) is 149 Å². The van der Waals surface area contributed by atoms with Crippen LogP contribution in [0.5, 0.6) is 0 Å². The first-order chi connectivity index (χ1) is 49.9. The molecule has 3 nitrogen and oxygen atoms in total. The summed E-state index contributed by atoms with van der Waals surface area (Å²) in [4.78, 5) is 12.9. The number of hydrogen-bond donors (Lipinski definition) is 0. The molecule has 0 spiro atoms. The first-order valence-corrected chi connectivity index (χ1v) is 42.7. The molecular weight excluding hydrogens is 1310 g/mol. The maximum Gasteiger partial charge on any atom is 0.247 e. The van der Waals surface area contributed by atoms with Crippen LogP contribution < -0.4 is 93.3 Å². The Morgan fingerprint density at radius 3 is 0.802 bits per heavy atom. The van der Waals surface area contributed by atoms with Crippen LogP contribution in [-0.2, 0) is 0 Å². The Kier molecular flexibility index (Phi) is 14.1. The van der Waals surface area contributed by atoms with Crippen molar-refractivity contribution < 1.29 is 0 Å². The number of anilines is 9. The number of para-hydroxylation sites is 4. The summed E-state index contributed by atoms with van der Waals surface area (Å²) >= 11 is 3.90. The van der Waals surface area contributed by atoms with Crippen LogP contribution in [-0.4, -0.2) is 30.9 Å². The van der Waals surface area contributed by atoms with Gasteiger partial charge in [-0.15, -0.1) is 0 Å². The van der Waals surface area contributed by atoms with E-state index in [4.69, 9.17) is 0 Å². The van der Waals surface area contributed by atoms with E-state index in [-0.39, 0.29) is 6.71 Å². The number of hydrogen-bond acceptors (Lipinski definition) is 5. The highest BCUT2D eigenvalue weighted by atomic mass is 32.2. The zero-order chi connectivity index (χ0) is 67.0. The van der Waals surface area contributed by atoms with Crippen LogP contribution in [0.4, 0.5) is 51.2 Å². The van der Waals surface area contributed by atoms with Gasteiger partial charge in [-0.25, -0.2) is 0 Å². The molecule has 0 N–H and O–H groups in total. The lowest BCUT2D eigenvalue weighted by atomic mass is 9.36. The molecule has 0 unspecified atom stereocenters. The lowest BCUT2D eigenvalue weighted by Crippen LogP contribution is -2.77. The van der Waals surface area contributed by atoms with Crippen LogP contribution in [0, 0.1) is 13.8 Å². The van der Waals surface area contributed by atoms with Crippen molar-refractivity contribution >= 4 is 184 Å². The zero-order valence-electron chi connectivity index (χ0n) is 55.9. The molecule has 15 aromatic rings. The molecule has 0 saturated heterocycles. The third-order valence-electron chi connectivity index (χ3n) is 22.2. The average molecular weight is 1370 g/mol. The molecule has 5 aliphatic rings. The molecule has 0 aromatic heterocycles. The van der Waals surface area contributed by atoms with Crippen LogP contribution >= 0.6 is 23.5 Å². The summed E-state index contributed by atoms with van der Waals surface area (Å²) < 4.78 is 0. The monoisotopic (exact) mass is 1370 g/mol. The molecule has 20 rings (SSSR count). The minimum Gasteiger partial charge on any atom is -0.311 e. The van der Waals surface area contributed by atoms with Gasteiger partial charge < -0.3 is 14.7 Å². The first kappa shape index (κ1) is 60.1. The minimum atomic E-state index is -2.96. The van der Waals surface area contributed by atoms with Gasteiger partial charge in [0.05, 0.1) is 0 Å². The van der Waals surface area contributed by atoms with Gasteiger partial charge in [0, 0.05) is 70.8 Å². The summed E-state index contributed by atoms with van der Waals surface area (Å²) in [6.07, 6.45) is 0. The Labute approximate surface area is 602 Å². The van der Waals surface area contributed by atoms with Gasteiger partial charge >= 0.3 is 0 Å². The second-order valence-electron chi connectivity index (χ2n) is 27.5. The predicted molar refractivity (Wildman–Crippen MR) is 437 cm³/mol. The SMILES string of the molecule is Cc1ccc2c(c1)[Si](c1ccccc1)(c1ccccc1)c1cc(C)ccc1N2c1cc2c3c(c1)Sc1cc(N4c5ccccc5[Si](c5ccccc5)(c5ccccc5)c5ccccc54)ccc1B3c1ccc(N3c4ccccc4[Si](c4ccccc4)(c4ccccc4)c4ccccc43)cc1S2. The number of fused-ring (bicyclic) bond motifs is 10. The molecule has 0 aliphatic carbocycles. The fourth-order valence-corrected chi connectivity index (χ4v) is 36.3. The normalized spacial score (nSPS) is 14.9. The summed E-state index contributed by atoms with van der Waals surface area (Å²) in [5, 5.41) is 16.7. The van der Waals surface area contributed by atoms with Gasteiger partial charge in [0.15, 0.2) is 24.2 Å². The van der Waals surface area contributed by atoms with Gasteiger partial charge in [-0.1, -0.05) is 337 Å². The molecular formula is C92H66BN3S2Si3. The Balaban J connectivity index is 0.804. The summed E-state index contributed by atoms with van der Waals surface area (Å²) in [5.41, 5.74) is 17.5. The molecule has 0 saturated carbocycles. The second kappa shape index (κ2) is 23.6. The maximum atomic E-state index is 2.64. The van der Waals surface area contributed by atoms with Crippen LogP contribution in [0.25, 0.3) is 0 Å². The van der Waals surface area contributed by atoms with Gasteiger partial charge in [-0.3, -0.25) is 0 Å². The third kappa shape index (κ3) is 8.81. The van der Waals surface area contributed by atoms with E-state index in [9.17, 15) is 0 Å². The Hall–Kier alpha value is -10.9. The van der Waals surface area contributed by atoms with Crippen molar-refractivity contribution in [2.75, 3.05) is 14.7 Å². The Morgan fingerprint density at radius 1 is 0.228 bits per heavy atom. The highest BCUT2D eigenvalue weighted by molar-refractivity contribution is 8.01. The largest absolute Gasteiger partial charge is 0.311 e. The fraction of sp³-hybridized carbons (Fsp3) is 0.0217. The van der Waals surface area contributed by atoms with Crippen LogP contribution in [0.15, 0.2) is 384 Å². The molecule has 0 radical (unpaired) electrons. The molecule has 0 bridgehead atoms. The van der Waals surface area contributed by atoms with E-state index in [1.807, 2.05) is 23.5 Å². The van der Waals surface area contributed by atoms with Crippen LogP contribution in [0.1, 0.15) is 11.1 Å². The van der Waals surface area contributed by atoms with Gasteiger partial charge in [-0.2, -0.15) is 0 Å². The van der Waals surface area contributed by atoms with Gasteiger partial charge in [0.2, 0.25) is 6.71 Å². The molecule has 0 fully saturated rings. The summed E-state index contributed by atoms with van der Waals surface area (Å²) in [7, 11) is -8.67. The number of benzene rings is 15. The number of nitrogens with zero attached hydrogens (tertiary/aromatic N) is 3. The molecule has 9 heteroatoms. The molecule has 5 heterocycles. The standard InChI is InChI=1S/C92H66BN3S2Si3/c1-63-49-55-80-90(57-63)101(72-37-17-7-18-38-72,73-39-19-8-20-40-73)91-58-64(2)50-56-81(91)96(80)67-61-84-92-85(62-67)98-83-60-66(95-78-43-23-27-47-88(78)100(70-33-13-5-14-34-70,71-35-15-6-16-36-71)89-48-28-24-44-79(89)95)52-54-75(83)93(92)74-53-51-65(59-82(74)97-84)94-76-41-21-25-45-86(76)99(68-29-9-3-10-30-68,69-31-11-4-12-32-69)87-46-26-22-42-77(87)94/h3-62H,1-2H3. The van der Waals surface area contributed by atoms with Gasteiger partial charge in [-0.05, 0) is 154 Å². The van der Waals surface area contributed by atoms with Crippen LogP contribution in [0.3, 0.4) is 0 Å². The van der Waals surface area contributed by atoms with Crippen molar-refractivity contribution in [3.63, 3.8) is 0 Å². The molecule has 0 amide bonds. The average Bonchev–Trinajstić information content (AvgIpc) is 0.703. The number of rotatable bonds is 9. The zero-order valence-corrected chi connectivity index (χ0v) is 60.5. The lowest BCUT2D eigenvalue weighted by molar-refractivity contribution is 1.22. The van der Waals surface area contributed by atoms with Gasteiger partial charge in [0.1, 0.15) is 0 Å². The fourth-order valence-electron chi connectivity index (χ4n) is 18.3. The minimum absolute atomic E-state index is 0.0404. The predicted octanol–water partition coefficient (Wildman–Crippen LogP) is 13.2. The van der Waals surface area contributed by atoms with Gasteiger partial charge in [0.25, 0.3) is 0 Å². The van der Waals surface area contributed by atoms with E-state index < -0.39 is 24.2 Å². The Morgan fingerprint density at radius 2 is 0.485 bits per heavy atom. The summed E-state index contributed by atoms with van der Waals surface area (Å²) in [6.45, 7) is 4.51. The van der Waals surface area contributed by atoms with Crippen LogP contribution in [0.2, 0.25) is 0 Å². The van der Waals surface area contributed by atoms with Crippen molar-refractivity contribution in [1.82, 2.24) is 0 Å². The molecule has 15 aromatic carbocycles. The van der Waals surface area contributed by atoms with Crippen molar-refractivity contribution in [2.45, 2.75) is 33.4 Å². The van der Waals surface area contributed by atoms with Crippen molar-refractivity contribution in [3.8, 4) is 0 Å². The Bertz CT molecular complexity index is 5280. The van der Waals surface area contributed by atoms with E-state index in [0.717, 1.165) is 11.4 Å². The smallest absolute Gasteiger partial charge is 0.247 e. The highest BCUT2D eigenvalue weighted by Gasteiger charge is 2.53. The van der Waals surface area contributed by atoms with E-state index in [0.29, 0.717) is 0 Å². The highest BCUT2D eigenvalue weighted by Crippen LogP contribution is 2.49. The molecule has 0 atom stereocenters. The molecule has 476 valence electrons. The first-order valence-electron chi connectivity index (χ1n) is 35.1. The second-order valence-corrected chi connectivity index (χ2v) is 40.9. The summed E-state index contributed by atoms with van der Waals surface area (Å²) in [6, 6.07) is 140. The lowest BCUT2D eigenvalue weighted by Gasteiger charge is -2.46. The topological polar surface area (TPSA) is 9.72 Å². The van der Waals surface area contributed by atoms with Crippen molar-refractivity contribution in [3.05, 3.63) is 375 Å². The third-order valence-corrected chi connectivity index (χ3v) is 39.0. The van der Waals surface area contributed by atoms with E-state index in [1.54, 1.807) is 0 Å². The quantitative estimate of drug-likeness (QED) is 0.133. The maximum absolute atomic E-state index is 2.96. The molecule has 5 aliphatic heterocycles. The molecule has 101 heavy (non-hydrogen) atoms. The van der Waals surface area contributed by atoms with E-state index >= 15 is 0 Å².